The first kappa shape index (κ1) is 16.5. The van der Waals surface area contributed by atoms with E-state index in [1.165, 1.54) is 5.56 Å². The monoisotopic (exact) mass is 324 g/mol. The molecule has 3 rings (SSSR count). The molecule has 1 aliphatic heterocycles. The van der Waals surface area contributed by atoms with Crippen LogP contribution in [0, 0.1) is 0 Å². The molecule has 0 aliphatic carbocycles. The van der Waals surface area contributed by atoms with Crippen LogP contribution in [0.15, 0.2) is 54.6 Å². The van der Waals surface area contributed by atoms with Crippen LogP contribution in [0.5, 0.6) is 0 Å². The van der Waals surface area contributed by atoms with Gasteiger partial charge in [0.25, 0.3) is 0 Å². The van der Waals surface area contributed by atoms with Crippen LogP contribution in [0.4, 0.5) is 5.69 Å². The lowest BCUT2D eigenvalue weighted by molar-refractivity contribution is 0.0526. The minimum absolute atomic E-state index is 0.262. The Bertz CT molecular complexity index is 670. The summed E-state index contributed by atoms with van der Waals surface area (Å²) >= 11 is 0. The standard InChI is InChI=1S/C20H24N2O2/c1-3-24-20(23)17-9-11-18(12-10-17)22-14-13-21(2)15-19(22)16-7-5-4-6-8-16/h4-12,19H,3,13-15H2,1-2H3. The third kappa shape index (κ3) is 3.60. The highest BCUT2D eigenvalue weighted by molar-refractivity contribution is 5.89. The molecule has 2 aromatic carbocycles. The summed E-state index contributed by atoms with van der Waals surface area (Å²) in [7, 11) is 2.16. The van der Waals surface area contributed by atoms with Crippen molar-refractivity contribution in [2.45, 2.75) is 13.0 Å². The largest absolute Gasteiger partial charge is 0.462 e. The van der Waals surface area contributed by atoms with E-state index in [9.17, 15) is 4.79 Å². The molecule has 0 aromatic heterocycles. The van der Waals surface area contributed by atoms with Crippen molar-refractivity contribution in [3.8, 4) is 0 Å². The Labute approximate surface area is 143 Å². The first-order chi connectivity index (χ1) is 11.7. The molecule has 24 heavy (non-hydrogen) atoms. The van der Waals surface area contributed by atoms with Gasteiger partial charge in [0.15, 0.2) is 0 Å². The van der Waals surface area contributed by atoms with Crippen molar-refractivity contribution in [1.29, 1.82) is 0 Å². The Hall–Kier alpha value is -2.33. The minimum Gasteiger partial charge on any atom is -0.462 e. The number of nitrogens with zero attached hydrogens (tertiary/aromatic N) is 2. The average Bonchev–Trinajstić information content (AvgIpc) is 2.63. The Morgan fingerprint density at radius 2 is 1.79 bits per heavy atom. The van der Waals surface area contributed by atoms with Crippen molar-refractivity contribution >= 4 is 11.7 Å². The van der Waals surface area contributed by atoms with Gasteiger partial charge in [0, 0.05) is 25.3 Å². The second-order valence-corrected chi connectivity index (χ2v) is 6.15. The number of anilines is 1. The van der Waals surface area contributed by atoms with Gasteiger partial charge in [-0.15, -0.1) is 0 Å². The maximum Gasteiger partial charge on any atom is 0.338 e. The van der Waals surface area contributed by atoms with E-state index in [2.05, 4.69) is 47.2 Å². The van der Waals surface area contributed by atoms with E-state index < -0.39 is 0 Å². The zero-order valence-corrected chi connectivity index (χ0v) is 14.3. The summed E-state index contributed by atoms with van der Waals surface area (Å²) in [5, 5.41) is 0. The highest BCUT2D eigenvalue weighted by Crippen LogP contribution is 2.30. The van der Waals surface area contributed by atoms with Gasteiger partial charge >= 0.3 is 5.97 Å². The molecule has 1 atom stereocenters. The molecule has 0 saturated carbocycles. The fourth-order valence-corrected chi connectivity index (χ4v) is 3.19. The molecule has 0 bridgehead atoms. The highest BCUT2D eigenvalue weighted by Gasteiger charge is 2.26. The van der Waals surface area contributed by atoms with Crippen LogP contribution in [-0.4, -0.2) is 44.2 Å². The van der Waals surface area contributed by atoms with E-state index in [4.69, 9.17) is 4.74 Å². The zero-order chi connectivity index (χ0) is 16.9. The molecule has 2 aromatic rings. The van der Waals surface area contributed by atoms with Crippen molar-refractivity contribution in [3.63, 3.8) is 0 Å². The zero-order valence-electron chi connectivity index (χ0n) is 14.3. The number of benzene rings is 2. The molecule has 0 radical (unpaired) electrons. The van der Waals surface area contributed by atoms with Gasteiger partial charge in [-0.2, -0.15) is 0 Å². The number of carbonyl (C=O) groups excluding carboxylic acids is 1. The van der Waals surface area contributed by atoms with Gasteiger partial charge in [-0.3, -0.25) is 0 Å². The molecule has 4 heteroatoms. The van der Waals surface area contributed by atoms with Crippen LogP contribution in [0.3, 0.4) is 0 Å². The molecule has 1 fully saturated rings. The third-order valence-electron chi connectivity index (χ3n) is 4.48. The second kappa shape index (κ2) is 7.49. The minimum atomic E-state index is -0.262. The smallest absolute Gasteiger partial charge is 0.338 e. The van der Waals surface area contributed by atoms with E-state index in [0.717, 1.165) is 25.3 Å². The van der Waals surface area contributed by atoms with Crippen LogP contribution in [-0.2, 0) is 4.74 Å². The van der Waals surface area contributed by atoms with Crippen LogP contribution in [0.2, 0.25) is 0 Å². The maximum atomic E-state index is 11.8. The lowest BCUT2D eigenvalue weighted by Crippen LogP contribution is -2.46. The van der Waals surface area contributed by atoms with Crippen LogP contribution in [0.1, 0.15) is 28.9 Å². The average molecular weight is 324 g/mol. The normalized spacial score (nSPS) is 18.4. The van der Waals surface area contributed by atoms with E-state index in [-0.39, 0.29) is 5.97 Å². The van der Waals surface area contributed by atoms with Gasteiger partial charge in [0.05, 0.1) is 18.2 Å². The van der Waals surface area contributed by atoms with Gasteiger partial charge in [0.1, 0.15) is 0 Å². The number of hydrogen-bond acceptors (Lipinski definition) is 4. The number of piperazine rings is 1. The molecule has 1 heterocycles. The maximum absolute atomic E-state index is 11.8. The Kier molecular flexibility index (Phi) is 5.16. The molecule has 0 spiro atoms. The fourth-order valence-electron chi connectivity index (χ4n) is 3.19. The number of hydrogen-bond donors (Lipinski definition) is 0. The van der Waals surface area contributed by atoms with Gasteiger partial charge in [0.2, 0.25) is 0 Å². The van der Waals surface area contributed by atoms with Gasteiger partial charge in [-0.05, 0) is 43.8 Å². The van der Waals surface area contributed by atoms with Gasteiger partial charge < -0.3 is 14.5 Å². The van der Waals surface area contributed by atoms with Gasteiger partial charge in [-0.25, -0.2) is 4.79 Å². The lowest BCUT2D eigenvalue weighted by atomic mass is 10.0. The molecule has 0 amide bonds. The third-order valence-corrected chi connectivity index (χ3v) is 4.48. The predicted octanol–water partition coefficient (Wildman–Crippen LogP) is 3.36. The highest BCUT2D eigenvalue weighted by atomic mass is 16.5. The van der Waals surface area contributed by atoms with E-state index in [0.29, 0.717) is 18.2 Å². The molecule has 0 N–H and O–H groups in total. The predicted molar refractivity (Wildman–Crippen MR) is 96.4 cm³/mol. The van der Waals surface area contributed by atoms with E-state index in [1.54, 1.807) is 0 Å². The summed E-state index contributed by atoms with van der Waals surface area (Å²) in [6.45, 7) is 5.21. The molecular weight excluding hydrogens is 300 g/mol. The molecule has 1 unspecified atom stereocenters. The van der Waals surface area contributed by atoms with Crippen LogP contribution < -0.4 is 4.90 Å². The SMILES string of the molecule is CCOC(=O)c1ccc(N2CCN(C)CC2c2ccccc2)cc1. The lowest BCUT2D eigenvalue weighted by Gasteiger charge is -2.42. The number of carbonyl (C=O) groups is 1. The summed E-state index contributed by atoms with van der Waals surface area (Å²) < 4.78 is 5.06. The van der Waals surface area contributed by atoms with E-state index in [1.807, 2.05) is 31.2 Å². The Balaban J connectivity index is 1.84. The number of rotatable bonds is 4. The topological polar surface area (TPSA) is 32.8 Å². The summed E-state index contributed by atoms with van der Waals surface area (Å²) in [5.41, 5.74) is 3.06. The van der Waals surface area contributed by atoms with Crippen molar-refractivity contribution in [2.75, 3.05) is 38.2 Å². The summed E-state index contributed by atoms with van der Waals surface area (Å²) in [5.74, 6) is -0.262. The van der Waals surface area contributed by atoms with Crippen molar-refractivity contribution in [1.82, 2.24) is 4.90 Å². The van der Waals surface area contributed by atoms with E-state index >= 15 is 0 Å². The number of likely N-dealkylation sites (N-methyl/N-ethyl adjacent to an activating group) is 1. The van der Waals surface area contributed by atoms with Crippen molar-refractivity contribution in [2.24, 2.45) is 0 Å². The Morgan fingerprint density at radius 3 is 2.46 bits per heavy atom. The number of esters is 1. The second-order valence-electron chi connectivity index (χ2n) is 6.15. The molecule has 126 valence electrons. The van der Waals surface area contributed by atoms with Crippen molar-refractivity contribution < 1.29 is 9.53 Å². The summed E-state index contributed by atoms with van der Waals surface area (Å²) in [6.07, 6.45) is 0. The summed E-state index contributed by atoms with van der Waals surface area (Å²) in [6, 6.07) is 18.7. The molecule has 1 aliphatic rings. The number of ether oxygens (including phenoxy) is 1. The Morgan fingerprint density at radius 1 is 1.08 bits per heavy atom. The molecular formula is C20H24N2O2. The van der Waals surface area contributed by atoms with Crippen LogP contribution >= 0.6 is 0 Å². The molecule has 1 saturated heterocycles. The first-order valence-electron chi connectivity index (χ1n) is 8.46. The van der Waals surface area contributed by atoms with Crippen LogP contribution in [0.25, 0.3) is 0 Å². The molecule has 4 nitrogen and oxygen atoms in total. The fraction of sp³-hybridized carbons (Fsp3) is 0.350. The summed E-state index contributed by atoms with van der Waals surface area (Å²) in [4.78, 5) is 16.6. The van der Waals surface area contributed by atoms with Crippen molar-refractivity contribution in [3.05, 3.63) is 65.7 Å². The quantitative estimate of drug-likeness (QED) is 0.808. The van der Waals surface area contributed by atoms with Gasteiger partial charge in [-0.1, -0.05) is 30.3 Å². The first-order valence-corrected chi connectivity index (χ1v) is 8.46.